The maximum atomic E-state index is 11.1. The summed E-state index contributed by atoms with van der Waals surface area (Å²) < 4.78 is 1.68. The molecule has 2 aromatic heterocycles. The number of hydrogen-bond donors (Lipinski definition) is 2. The van der Waals surface area contributed by atoms with E-state index in [0.717, 1.165) is 5.56 Å². The van der Waals surface area contributed by atoms with Gasteiger partial charge in [-0.15, -0.1) is 10.2 Å². The van der Waals surface area contributed by atoms with Crippen molar-refractivity contribution in [2.24, 2.45) is 10.2 Å². The van der Waals surface area contributed by atoms with Gasteiger partial charge in [0.05, 0.1) is 23.4 Å². The largest absolute Gasteiger partial charge is 0.481 e. The van der Waals surface area contributed by atoms with Gasteiger partial charge in [-0.1, -0.05) is 6.07 Å². The number of azo groups is 1. The zero-order valence-electron chi connectivity index (χ0n) is 13.2. The highest BCUT2D eigenvalue weighted by Gasteiger charge is 2.16. The van der Waals surface area contributed by atoms with Gasteiger partial charge in [0.15, 0.2) is 5.82 Å². The molecule has 2 heterocycles. The number of carboxylic acids is 2. The Morgan fingerprint density at radius 1 is 1.12 bits per heavy atom. The Morgan fingerprint density at radius 2 is 1.84 bits per heavy atom. The molecule has 0 saturated heterocycles. The van der Waals surface area contributed by atoms with Crippen molar-refractivity contribution in [3.8, 4) is 0 Å². The van der Waals surface area contributed by atoms with E-state index in [1.165, 1.54) is 24.3 Å². The molecular weight excluding hydrogens is 324 g/mol. The third kappa shape index (κ3) is 3.37. The van der Waals surface area contributed by atoms with Crippen molar-refractivity contribution < 1.29 is 19.8 Å². The van der Waals surface area contributed by atoms with Crippen molar-refractivity contribution in [1.29, 1.82) is 0 Å². The van der Waals surface area contributed by atoms with Gasteiger partial charge in [0.25, 0.3) is 0 Å². The molecule has 0 spiro atoms. The van der Waals surface area contributed by atoms with E-state index in [-0.39, 0.29) is 12.0 Å². The van der Waals surface area contributed by atoms with Gasteiger partial charge in [0.1, 0.15) is 5.65 Å². The van der Waals surface area contributed by atoms with Crippen molar-refractivity contribution in [2.75, 3.05) is 0 Å². The Bertz CT molecular complexity index is 990. The highest BCUT2D eigenvalue weighted by molar-refractivity contribution is 5.87. The number of aromatic nitrogens is 2. The van der Waals surface area contributed by atoms with E-state index in [4.69, 9.17) is 10.2 Å². The first-order valence-corrected chi connectivity index (χ1v) is 7.39. The summed E-state index contributed by atoms with van der Waals surface area (Å²) >= 11 is 0. The van der Waals surface area contributed by atoms with Crippen molar-refractivity contribution >= 4 is 29.1 Å². The average Bonchev–Trinajstić information content (AvgIpc) is 2.91. The van der Waals surface area contributed by atoms with Gasteiger partial charge in [0.2, 0.25) is 0 Å². The van der Waals surface area contributed by atoms with Gasteiger partial charge >= 0.3 is 11.9 Å². The standard InChI is InChI=1S/C17H14N4O4/c1-10-3-2-8-21-15(10)18-13(9-14(22)23)16(21)20-19-12-6-4-11(5-7-12)17(24)25/h2-8H,9H2,1H3,(H,22,23)(H,24,25). The molecule has 8 heteroatoms. The minimum Gasteiger partial charge on any atom is -0.481 e. The van der Waals surface area contributed by atoms with Crippen LogP contribution in [-0.4, -0.2) is 31.5 Å². The molecule has 0 amide bonds. The lowest BCUT2D eigenvalue weighted by atomic mass is 10.2. The second-order valence-electron chi connectivity index (χ2n) is 5.39. The summed E-state index contributed by atoms with van der Waals surface area (Å²) in [7, 11) is 0. The van der Waals surface area contributed by atoms with E-state index >= 15 is 0 Å². The third-order valence-electron chi connectivity index (χ3n) is 3.58. The van der Waals surface area contributed by atoms with E-state index in [9.17, 15) is 9.59 Å². The predicted octanol–water partition coefficient (Wildman–Crippen LogP) is 3.38. The van der Waals surface area contributed by atoms with Crippen LogP contribution in [-0.2, 0) is 11.2 Å². The van der Waals surface area contributed by atoms with Crippen molar-refractivity contribution in [1.82, 2.24) is 9.38 Å². The molecule has 0 fully saturated rings. The number of aryl methyl sites for hydroxylation is 1. The minimum atomic E-state index is -1.02. The van der Waals surface area contributed by atoms with E-state index in [2.05, 4.69) is 15.2 Å². The second kappa shape index (κ2) is 6.52. The lowest BCUT2D eigenvalue weighted by molar-refractivity contribution is -0.136. The average molecular weight is 338 g/mol. The number of aromatic carboxylic acids is 1. The first-order chi connectivity index (χ1) is 12.0. The molecule has 8 nitrogen and oxygen atoms in total. The van der Waals surface area contributed by atoms with Gasteiger partial charge in [-0.2, -0.15) is 0 Å². The summed E-state index contributed by atoms with van der Waals surface area (Å²) in [6, 6.07) is 9.59. The van der Waals surface area contributed by atoms with Crippen LogP contribution in [0.4, 0.5) is 11.5 Å². The lowest BCUT2D eigenvalue weighted by Gasteiger charge is -1.99. The molecule has 3 rings (SSSR count). The van der Waals surface area contributed by atoms with Gasteiger partial charge in [-0.05, 0) is 42.8 Å². The second-order valence-corrected chi connectivity index (χ2v) is 5.39. The van der Waals surface area contributed by atoms with E-state index in [1.807, 2.05) is 19.1 Å². The summed E-state index contributed by atoms with van der Waals surface area (Å²) in [6.07, 6.45) is 1.47. The molecule has 0 aliphatic heterocycles. The molecule has 0 aliphatic rings. The predicted molar refractivity (Wildman–Crippen MR) is 88.8 cm³/mol. The normalized spacial score (nSPS) is 11.2. The quantitative estimate of drug-likeness (QED) is 0.692. The molecule has 0 bridgehead atoms. The summed E-state index contributed by atoms with van der Waals surface area (Å²) in [4.78, 5) is 26.3. The maximum Gasteiger partial charge on any atom is 0.335 e. The van der Waals surface area contributed by atoms with Crippen LogP contribution < -0.4 is 0 Å². The first-order valence-electron chi connectivity index (χ1n) is 7.39. The van der Waals surface area contributed by atoms with Crippen LogP contribution in [0.5, 0.6) is 0 Å². The van der Waals surface area contributed by atoms with Gasteiger partial charge in [-0.25, -0.2) is 9.78 Å². The highest BCUT2D eigenvalue weighted by Crippen LogP contribution is 2.26. The summed E-state index contributed by atoms with van der Waals surface area (Å²) in [5.41, 5.74) is 2.42. The molecule has 0 unspecified atom stereocenters. The molecule has 0 saturated carbocycles. The van der Waals surface area contributed by atoms with Crippen molar-refractivity contribution in [3.05, 3.63) is 59.4 Å². The molecule has 126 valence electrons. The number of nitrogens with zero attached hydrogens (tertiary/aromatic N) is 4. The number of imidazole rings is 1. The summed E-state index contributed by atoms with van der Waals surface area (Å²) in [5.74, 6) is -1.70. The number of benzene rings is 1. The fraction of sp³-hybridized carbons (Fsp3) is 0.118. The van der Waals surface area contributed by atoms with Gasteiger partial charge in [0, 0.05) is 6.20 Å². The molecular formula is C17H14N4O4. The van der Waals surface area contributed by atoms with Crippen LogP contribution in [0.1, 0.15) is 21.6 Å². The van der Waals surface area contributed by atoms with Gasteiger partial charge in [-0.3, -0.25) is 9.20 Å². The molecule has 0 radical (unpaired) electrons. The number of rotatable bonds is 5. The van der Waals surface area contributed by atoms with E-state index < -0.39 is 11.9 Å². The van der Waals surface area contributed by atoms with Crippen LogP contribution in [0.15, 0.2) is 52.8 Å². The molecule has 2 N–H and O–H groups in total. The van der Waals surface area contributed by atoms with Crippen LogP contribution in [0.25, 0.3) is 5.65 Å². The zero-order chi connectivity index (χ0) is 18.0. The Morgan fingerprint density at radius 3 is 2.48 bits per heavy atom. The van der Waals surface area contributed by atoms with Gasteiger partial charge < -0.3 is 10.2 Å². The Balaban J connectivity index is 2.03. The smallest absolute Gasteiger partial charge is 0.335 e. The molecule has 25 heavy (non-hydrogen) atoms. The van der Waals surface area contributed by atoms with Crippen LogP contribution in [0.2, 0.25) is 0 Å². The van der Waals surface area contributed by atoms with Crippen LogP contribution in [0, 0.1) is 6.92 Å². The topological polar surface area (TPSA) is 117 Å². The number of fused-ring (bicyclic) bond motifs is 1. The Kier molecular flexibility index (Phi) is 4.25. The minimum absolute atomic E-state index is 0.149. The summed E-state index contributed by atoms with van der Waals surface area (Å²) in [5, 5.41) is 26.2. The number of carbonyl (C=O) groups is 2. The molecule has 0 aliphatic carbocycles. The summed E-state index contributed by atoms with van der Waals surface area (Å²) in [6.45, 7) is 1.87. The number of pyridine rings is 1. The van der Waals surface area contributed by atoms with Crippen molar-refractivity contribution in [2.45, 2.75) is 13.3 Å². The molecule has 1 aromatic carbocycles. The third-order valence-corrected chi connectivity index (χ3v) is 3.58. The monoisotopic (exact) mass is 338 g/mol. The Hall–Kier alpha value is -3.55. The maximum absolute atomic E-state index is 11.1. The van der Waals surface area contributed by atoms with Crippen molar-refractivity contribution in [3.63, 3.8) is 0 Å². The van der Waals surface area contributed by atoms with E-state index in [1.54, 1.807) is 10.6 Å². The first kappa shape index (κ1) is 16.3. The molecule has 3 aromatic rings. The number of aliphatic carboxylic acids is 1. The molecule has 0 atom stereocenters. The number of carboxylic acid groups (broad SMARTS) is 2. The fourth-order valence-corrected chi connectivity index (χ4v) is 2.38. The van der Waals surface area contributed by atoms with E-state index in [0.29, 0.717) is 22.8 Å². The number of hydrogen-bond acceptors (Lipinski definition) is 5. The van der Waals surface area contributed by atoms with Crippen LogP contribution >= 0.6 is 0 Å². The fourth-order valence-electron chi connectivity index (χ4n) is 2.38. The lowest BCUT2D eigenvalue weighted by Crippen LogP contribution is -2.00. The Labute approximate surface area is 142 Å². The highest BCUT2D eigenvalue weighted by atomic mass is 16.4. The van der Waals surface area contributed by atoms with Crippen LogP contribution in [0.3, 0.4) is 0 Å². The zero-order valence-corrected chi connectivity index (χ0v) is 13.2. The SMILES string of the molecule is Cc1cccn2c(N=Nc3ccc(C(=O)O)cc3)c(CC(=O)O)nc12.